The van der Waals surface area contributed by atoms with Crippen molar-refractivity contribution in [3.05, 3.63) is 35.4 Å². The molecule has 1 saturated heterocycles. The Balaban J connectivity index is 1.60. The number of hydrogen-bond donors (Lipinski definition) is 0. The molecule has 2 aliphatic rings. The molecular weight excluding hydrogens is 342 g/mol. The fourth-order valence-electron chi connectivity index (χ4n) is 4.13. The average molecular weight is 365 g/mol. The molecule has 140 valence electrons. The first-order chi connectivity index (χ1) is 13.1. The Morgan fingerprint density at radius 1 is 1.19 bits per heavy atom. The molecule has 2 fully saturated rings. The molecule has 1 saturated carbocycles. The van der Waals surface area contributed by atoms with Gasteiger partial charge in [0.15, 0.2) is 11.4 Å². The molecule has 0 bridgehead atoms. The minimum absolute atomic E-state index is 0.201. The fraction of sp³-hybridized carbons (Fsp3) is 0.500. The van der Waals surface area contributed by atoms with Crippen LogP contribution in [0.2, 0.25) is 0 Å². The lowest BCUT2D eigenvalue weighted by atomic mass is 9.91. The molecule has 0 spiro atoms. The number of hydrogen-bond acceptors (Lipinski definition) is 5. The molecule has 7 nitrogen and oxygen atoms in total. The van der Waals surface area contributed by atoms with Crippen molar-refractivity contribution >= 4 is 11.6 Å². The van der Waals surface area contributed by atoms with Crippen LogP contribution in [-0.4, -0.2) is 43.7 Å². The molecule has 27 heavy (non-hydrogen) atoms. The van der Waals surface area contributed by atoms with Crippen molar-refractivity contribution in [3.63, 3.8) is 0 Å². The van der Waals surface area contributed by atoms with Crippen LogP contribution in [0.25, 0.3) is 17.0 Å². The highest BCUT2D eigenvalue weighted by Crippen LogP contribution is 2.37. The van der Waals surface area contributed by atoms with E-state index >= 15 is 0 Å². The molecular formula is C20H23N5O2. The number of rotatable bonds is 3. The van der Waals surface area contributed by atoms with Crippen LogP contribution in [0.5, 0.6) is 0 Å². The Bertz CT molecular complexity index is 1020. The molecule has 3 aromatic rings. The minimum atomic E-state index is 0.201. The highest BCUT2D eigenvalue weighted by Gasteiger charge is 2.37. The second-order valence-corrected chi connectivity index (χ2v) is 7.84. The van der Waals surface area contributed by atoms with Crippen LogP contribution in [0.4, 0.5) is 0 Å². The van der Waals surface area contributed by atoms with E-state index in [9.17, 15) is 4.79 Å². The summed E-state index contributed by atoms with van der Waals surface area (Å²) < 4.78 is 7.48. The summed E-state index contributed by atoms with van der Waals surface area (Å²) in [5.74, 6) is 1.48. The third kappa shape index (κ3) is 2.91. The molecule has 5 rings (SSSR count). The molecule has 4 heterocycles. The number of fused-ring (bicyclic) bond motifs is 1. The molecule has 1 atom stereocenters. The van der Waals surface area contributed by atoms with E-state index in [0.717, 1.165) is 67.1 Å². The Kier molecular flexibility index (Phi) is 3.77. The first kappa shape index (κ1) is 16.5. The lowest BCUT2D eigenvalue weighted by molar-refractivity contribution is -0.133. The van der Waals surface area contributed by atoms with Gasteiger partial charge in [-0.1, -0.05) is 5.16 Å². The van der Waals surface area contributed by atoms with E-state index in [1.54, 1.807) is 0 Å². The summed E-state index contributed by atoms with van der Waals surface area (Å²) in [5.41, 5.74) is 4.57. The number of piperidine rings is 1. The summed E-state index contributed by atoms with van der Waals surface area (Å²) in [6, 6.07) is 3.91. The molecule has 0 radical (unpaired) electrons. The number of amides is 1. The predicted octanol–water partition coefficient (Wildman–Crippen LogP) is 3.12. The summed E-state index contributed by atoms with van der Waals surface area (Å²) >= 11 is 0. The Hall–Kier alpha value is -2.70. The summed E-state index contributed by atoms with van der Waals surface area (Å²) in [5, 5.41) is 8.73. The summed E-state index contributed by atoms with van der Waals surface area (Å²) in [6.07, 6.45) is 5.96. The molecule has 7 heteroatoms. The van der Waals surface area contributed by atoms with Crippen molar-refractivity contribution in [1.82, 2.24) is 24.7 Å². The van der Waals surface area contributed by atoms with Gasteiger partial charge in [-0.2, -0.15) is 5.10 Å². The van der Waals surface area contributed by atoms with Crippen LogP contribution >= 0.6 is 0 Å². The number of aromatic nitrogens is 4. The SMILES string of the molecule is Cc1cc(-c2cnc3cc(C)nn3c2[C@@H]2CCCN(C(=O)C3CC3)C2)on1. The smallest absolute Gasteiger partial charge is 0.225 e. The third-order valence-electron chi connectivity index (χ3n) is 5.58. The number of nitrogens with zero attached hydrogens (tertiary/aromatic N) is 5. The van der Waals surface area contributed by atoms with Gasteiger partial charge in [0.05, 0.1) is 22.6 Å². The molecule has 3 aromatic heterocycles. The summed E-state index contributed by atoms with van der Waals surface area (Å²) in [7, 11) is 0. The quantitative estimate of drug-likeness (QED) is 0.713. The maximum Gasteiger partial charge on any atom is 0.225 e. The van der Waals surface area contributed by atoms with Crippen LogP contribution in [0, 0.1) is 19.8 Å². The zero-order chi connectivity index (χ0) is 18.5. The zero-order valence-electron chi connectivity index (χ0n) is 15.7. The monoisotopic (exact) mass is 365 g/mol. The Morgan fingerprint density at radius 3 is 2.78 bits per heavy atom. The lowest BCUT2D eigenvalue weighted by Gasteiger charge is -2.33. The van der Waals surface area contributed by atoms with Gasteiger partial charge in [-0.05, 0) is 39.5 Å². The van der Waals surface area contributed by atoms with Crippen molar-refractivity contribution in [1.29, 1.82) is 0 Å². The molecule has 1 aliphatic heterocycles. The summed E-state index contributed by atoms with van der Waals surface area (Å²) in [4.78, 5) is 19.2. The summed E-state index contributed by atoms with van der Waals surface area (Å²) in [6.45, 7) is 5.47. The van der Waals surface area contributed by atoms with Gasteiger partial charge in [0, 0.05) is 43.3 Å². The molecule has 1 amide bonds. The Labute approximate surface area is 157 Å². The van der Waals surface area contributed by atoms with Gasteiger partial charge >= 0.3 is 0 Å². The van der Waals surface area contributed by atoms with E-state index in [0.29, 0.717) is 11.7 Å². The van der Waals surface area contributed by atoms with Gasteiger partial charge in [-0.3, -0.25) is 4.79 Å². The topological polar surface area (TPSA) is 76.5 Å². The van der Waals surface area contributed by atoms with Crippen molar-refractivity contribution in [2.45, 2.75) is 45.4 Å². The lowest BCUT2D eigenvalue weighted by Crippen LogP contribution is -2.40. The van der Waals surface area contributed by atoms with Gasteiger partial charge in [0.25, 0.3) is 0 Å². The molecule has 0 aromatic carbocycles. The van der Waals surface area contributed by atoms with Crippen molar-refractivity contribution in [2.75, 3.05) is 13.1 Å². The number of carbonyl (C=O) groups is 1. The van der Waals surface area contributed by atoms with Gasteiger partial charge in [0.1, 0.15) is 0 Å². The molecule has 0 unspecified atom stereocenters. The molecule has 0 N–H and O–H groups in total. The van der Waals surface area contributed by atoms with Gasteiger partial charge in [-0.15, -0.1) is 0 Å². The van der Waals surface area contributed by atoms with Crippen LogP contribution in [0.3, 0.4) is 0 Å². The first-order valence-electron chi connectivity index (χ1n) is 9.68. The van der Waals surface area contributed by atoms with Crippen LogP contribution in [0.1, 0.15) is 48.7 Å². The van der Waals surface area contributed by atoms with E-state index in [4.69, 9.17) is 4.52 Å². The van der Waals surface area contributed by atoms with Gasteiger partial charge < -0.3 is 9.42 Å². The van der Waals surface area contributed by atoms with E-state index in [1.807, 2.05) is 41.6 Å². The standard InChI is InChI=1S/C20H23N5O2/c1-12-9-18-21-10-16(17-8-13(2)23-27-17)19(25(18)22-12)15-4-3-7-24(11-15)20(26)14-5-6-14/h8-10,14-15H,3-7,11H2,1-2H3/t15-/m1/s1. The molecule has 1 aliphatic carbocycles. The minimum Gasteiger partial charge on any atom is -0.356 e. The average Bonchev–Trinajstić information content (AvgIpc) is 3.32. The highest BCUT2D eigenvalue weighted by atomic mass is 16.5. The predicted molar refractivity (Wildman–Crippen MR) is 99.2 cm³/mol. The Morgan fingerprint density at radius 2 is 2.04 bits per heavy atom. The second kappa shape index (κ2) is 6.18. The number of likely N-dealkylation sites (tertiary alicyclic amines) is 1. The van der Waals surface area contributed by atoms with Gasteiger partial charge in [0.2, 0.25) is 5.91 Å². The maximum atomic E-state index is 12.6. The van der Waals surface area contributed by atoms with Crippen LogP contribution in [0.15, 0.2) is 22.9 Å². The van der Waals surface area contributed by atoms with E-state index in [-0.39, 0.29) is 11.8 Å². The van der Waals surface area contributed by atoms with Crippen molar-refractivity contribution < 1.29 is 9.32 Å². The van der Waals surface area contributed by atoms with Gasteiger partial charge in [-0.25, -0.2) is 9.50 Å². The van der Waals surface area contributed by atoms with Crippen LogP contribution in [-0.2, 0) is 4.79 Å². The normalized spacial score (nSPS) is 20.4. The van der Waals surface area contributed by atoms with Crippen molar-refractivity contribution in [2.24, 2.45) is 5.92 Å². The highest BCUT2D eigenvalue weighted by molar-refractivity contribution is 5.81. The number of aryl methyl sites for hydroxylation is 2. The van der Waals surface area contributed by atoms with Crippen LogP contribution < -0.4 is 0 Å². The number of carbonyl (C=O) groups excluding carboxylic acids is 1. The van der Waals surface area contributed by atoms with E-state index < -0.39 is 0 Å². The van der Waals surface area contributed by atoms with E-state index in [1.165, 1.54) is 0 Å². The third-order valence-corrected chi connectivity index (χ3v) is 5.58. The maximum absolute atomic E-state index is 12.6. The largest absolute Gasteiger partial charge is 0.356 e. The van der Waals surface area contributed by atoms with Crippen molar-refractivity contribution in [3.8, 4) is 11.3 Å². The first-order valence-corrected chi connectivity index (χ1v) is 9.68. The fourth-order valence-corrected chi connectivity index (χ4v) is 4.13. The second-order valence-electron chi connectivity index (χ2n) is 7.84. The zero-order valence-corrected chi connectivity index (χ0v) is 15.7. The van der Waals surface area contributed by atoms with E-state index in [2.05, 4.69) is 15.2 Å².